The number of anilines is 1. The summed E-state index contributed by atoms with van der Waals surface area (Å²) >= 11 is 0. The normalized spacial score (nSPS) is 15.9. The van der Waals surface area contributed by atoms with Crippen molar-refractivity contribution in [3.05, 3.63) is 95.6 Å². The van der Waals surface area contributed by atoms with E-state index in [9.17, 15) is 0 Å². The monoisotopic (exact) mass is 330 g/mol. The predicted octanol–water partition coefficient (Wildman–Crippen LogP) is 4.29. The minimum Gasteiger partial charge on any atom is -0.489 e. The van der Waals surface area contributed by atoms with E-state index in [1.807, 2.05) is 24.3 Å². The van der Waals surface area contributed by atoms with Gasteiger partial charge in [0.15, 0.2) is 0 Å². The van der Waals surface area contributed by atoms with Gasteiger partial charge in [-0.25, -0.2) is 0 Å². The van der Waals surface area contributed by atoms with Gasteiger partial charge in [0.2, 0.25) is 0 Å². The fourth-order valence-electron chi connectivity index (χ4n) is 3.46. The lowest BCUT2D eigenvalue weighted by Crippen LogP contribution is -2.27. The molecule has 1 atom stereocenters. The van der Waals surface area contributed by atoms with Gasteiger partial charge < -0.3 is 15.4 Å². The highest BCUT2D eigenvalue weighted by atomic mass is 16.5. The van der Waals surface area contributed by atoms with Gasteiger partial charge in [-0.1, -0.05) is 54.6 Å². The summed E-state index contributed by atoms with van der Waals surface area (Å²) in [6.45, 7) is 2.06. The highest BCUT2D eigenvalue weighted by Gasteiger charge is 2.29. The molecule has 0 aliphatic carbocycles. The average molecular weight is 330 g/mol. The maximum atomic E-state index is 6.11. The lowest BCUT2D eigenvalue weighted by Gasteiger charge is -2.26. The molecule has 0 radical (unpaired) electrons. The summed E-state index contributed by atoms with van der Waals surface area (Å²) in [5, 5.41) is 0. The molecule has 3 aromatic rings. The lowest BCUT2D eigenvalue weighted by molar-refractivity contribution is 0.306. The van der Waals surface area contributed by atoms with Crippen LogP contribution in [-0.2, 0) is 13.2 Å². The number of rotatable bonds is 5. The largest absolute Gasteiger partial charge is 0.489 e. The topological polar surface area (TPSA) is 38.5 Å². The van der Waals surface area contributed by atoms with E-state index < -0.39 is 0 Å². The molecule has 1 heterocycles. The lowest BCUT2D eigenvalue weighted by atomic mass is 10.0. The van der Waals surface area contributed by atoms with Gasteiger partial charge in [-0.3, -0.25) is 0 Å². The number of hydrogen-bond donors (Lipinski definition) is 1. The zero-order valence-electron chi connectivity index (χ0n) is 14.1. The van der Waals surface area contributed by atoms with Crippen LogP contribution in [0.2, 0.25) is 0 Å². The van der Waals surface area contributed by atoms with Crippen molar-refractivity contribution in [3.8, 4) is 5.75 Å². The van der Waals surface area contributed by atoms with Crippen molar-refractivity contribution in [1.82, 2.24) is 0 Å². The van der Waals surface area contributed by atoms with E-state index in [1.54, 1.807) is 0 Å². The standard InChI is InChI=1S/C22H22N2O/c23-14-22-21-13-20(25-16-17-7-3-1-4-8-17)12-11-18(21)15-24(22)19-9-5-2-6-10-19/h1-13,22H,14-16,23H2. The number of fused-ring (bicyclic) bond motifs is 1. The van der Waals surface area contributed by atoms with Crippen LogP contribution in [0.3, 0.4) is 0 Å². The van der Waals surface area contributed by atoms with Gasteiger partial charge in [0, 0.05) is 18.8 Å². The Morgan fingerprint density at radius 3 is 2.36 bits per heavy atom. The molecule has 3 aromatic carbocycles. The molecule has 3 nitrogen and oxygen atoms in total. The van der Waals surface area contributed by atoms with Crippen molar-refractivity contribution in [2.75, 3.05) is 11.4 Å². The minimum atomic E-state index is 0.192. The second-order valence-electron chi connectivity index (χ2n) is 6.35. The Labute approximate surface area is 148 Å². The summed E-state index contributed by atoms with van der Waals surface area (Å²) in [4.78, 5) is 2.37. The Bertz CT molecular complexity index is 833. The Hall–Kier alpha value is -2.78. The van der Waals surface area contributed by atoms with Gasteiger partial charge in [-0.2, -0.15) is 0 Å². The molecule has 0 bridgehead atoms. The van der Waals surface area contributed by atoms with Crippen molar-refractivity contribution in [3.63, 3.8) is 0 Å². The number of nitrogens with zero attached hydrogens (tertiary/aromatic N) is 1. The highest BCUT2D eigenvalue weighted by Crippen LogP contribution is 2.38. The first-order valence-corrected chi connectivity index (χ1v) is 8.66. The van der Waals surface area contributed by atoms with Gasteiger partial charge >= 0.3 is 0 Å². The van der Waals surface area contributed by atoms with Gasteiger partial charge in [-0.05, 0) is 41.0 Å². The van der Waals surface area contributed by atoms with Crippen LogP contribution in [0.15, 0.2) is 78.9 Å². The molecule has 0 amide bonds. The first-order chi connectivity index (χ1) is 12.3. The number of nitrogens with two attached hydrogens (primary N) is 1. The first kappa shape index (κ1) is 15.7. The molecule has 4 rings (SSSR count). The summed E-state index contributed by atoms with van der Waals surface area (Å²) < 4.78 is 5.99. The van der Waals surface area contributed by atoms with Crippen LogP contribution in [0.1, 0.15) is 22.7 Å². The van der Waals surface area contributed by atoms with Crippen LogP contribution in [-0.4, -0.2) is 6.54 Å². The molecular weight excluding hydrogens is 308 g/mol. The third kappa shape index (κ3) is 3.24. The quantitative estimate of drug-likeness (QED) is 0.758. The third-order valence-electron chi connectivity index (χ3n) is 4.75. The van der Waals surface area contributed by atoms with E-state index in [2.05, 4.69) is 59.5 Å². The Morgan fingerprint density at radius 2 is 1.64 bits per heavy atom. The van der Waals surface area contributed by atoms with E-state index in [-0.39, 0.29) is 6.04 Å². The Balaban J connectivity index is 1.55. The molecule has 25 heavy (non-hydrogen) atoms. The molecule has 0 saturated carbocycles. The maximum absolute atomic E-state index is 6.11. The van der Waals surface area contributed by atoms with Crippen LogP contribution in [0.4, 0.5) is 5.69 Å². The van der Waals surface area contributed by atoms with E-state index in [0.717, 1.165) is 12.3 Å². The number of benzene rings is 3. The van der Waals surface area contributed by atoms with Crippen molar-refractivity contribution in [2.45, 2.75) is 19.2 Å². The van der Waals surface area contributed by atoms with Crippen molar-refractivity contribution < 1.29 is 4.74 Å². The highest BCUT2D eigenvalue weighted by molar-refractivity contribution is 5.56. The number of para-hydroxylation sites is 1. The fraction of sp³-hybridized carbons (Fsp3) is 0.182. The zero-order valence-corrected chi connectivity index (χ0v) is 14.1. The van der Waals surface area contributed by atoms with Crippen LogP contribution in [0.25, 0.3) is 0 Å². The summed E-state index contributed by atoms with van der Waals surface area (Å²) in [6.07, 6.45) is 0. The molecule has 1 unspecified atom stereocenters. The molecule has 0 spiro atoms. The van der Waals surface area contributed by atoms with Gasteiger partial charge in [-0.15, -0.1) is 0 Å². The molecule has 0 fully saturated rings. The predicted molar refractivity (Wildman–Crippen MR) is 102 cm³/mol. The molecule has 2 N–H and O–H groups in total. The summed E-state index contributed by atoms with van der Waals surface area (Å²) in [6, 6.07) is 27.3. The van der Waals surface area contributed by atoms with Crippen LogP contribution in [0, 0.1) is 0 Å². The van der Waals surface area contributed by atoms with Gasteiger partial charge in [0.05, 0.1) is 6.04 Å². The molecule has 1 aliphatic rings. The van der Waals surface area contributed by atoms with E-state index in [0.29, 0.717) is 13.2 Å². The van der Waals surface area contributed by atoms with Gasteiger partial charge in [0.1, 0.15) is 12.4 Å². The van der Waals surface area contributed by atoms with E-state index >= 15 is 0 Å². The Morgan fingerprint density at radius 1 is 0.920 bits per heavy atom. The molecular formula is C22H22N2O. The average Bonchev–Trinajstić information content (AvgIpc) is 3.05. The molecule has 0 aromatic heterocycles. The van der Waals surface area contributed by atoms with Crippen molar-refractivity contribution >= 4 is 5.69 Å². The molecule has 126 valence electrons. The maximum Gasteiger partial charge on any atom is 0.120 e. The summed E-state index contributed by atoms with van der Waals surface area (Å²) in [5.74, 6) is 0.899. The summed E-state index contributed by atoms with van der Waals surface area (Å²) in [5.41, 5.74) is 11.1. The second-order valence-corrected chi connectivity index (χ2v) is 6.35. The van der Waals surface area contributed by atoms with Gasteiger partial charge in [0.25, 0.3) is 0 Å². The van der Waals surface area contributed by atoms with Crippen LogP contribution in [0.5, 0.6) is 5.75 Å². The van der Waals surface area contributed by atoms with Crippen LogP contribution < -0.4 is 15.4 Å². The SMILES string of the molecule is NCC1c2cc(OCc3ccccc3)ccc2CN1c1ccccc1. The number of ether oxygens (including phenoxy) is 1. The third-order valence-corrected chi connectivity index (χ3v) is 4.75. The minimum absolute atomic E-state index is 0.192. The van der Waals surface area contributed by atoms with Crippen molar-refractivity contribution in [1.29, 1.82) is 0 Å². The molecule has 0 saturated heterocycles. The van der Waals surface area contributed by atoms with Crippen molar-refractivity contribution in [2.24, 2.45) is 5.73 Å². The zero-order chi connectivity index (χ0) is 17.1. The van der Waals surface area contributed by atoms with Crippen LogP contribution >= 0.6 is 0 Å². The summed E-state index contributed by atoms with van der Waals surface area (Å²) in [7, 11) is 0. The Kier molecular flexibility index (Phi) is 4.40. The smallest absolute Gasteiger partial charge is 0.120 e. The second kappa shape index (κ2) is 6.99. The molecule has 3 heteroatoms. The first-order valence-electron chi connectivity index (χ1n) is 8.66. The number of hydrogen-bond acceptors (Lipinski definition) is 3. The fourth-order valence-corrected chi connectivity index (χ4v) is 3.46. The van der Waals surface area contributed by atoms with E-state index in [1.165, 1.54) is 22.4 Å². The molecule has 1 aliphatic heterocycles. The van der Waals surface area contributed by atoms with E-state index in [4.69, 9.17) is 10.5 Å².